The standard InChI is InChI=1S/C11H19NO/c13-11(10-2-3-10)4-1-9-5-7-12-8-6-9/h9-10,12H,1-8H2. The van der Waals surface area contributed by atoms with Gasteiger partial charge >= 0.3 is 0 Å². The maximum absolute atomic E-state index is 11.4. The third kappa shape index (κ3) is 2.80. The first-order chi connectivity index (χ1) is 6.36. The average Bonchev–Trinajstić information content (AvgIpc) is 2.99. The number of piperidine rings is 1. The van der Waals surface area contributed by atoms with E-state index < -0.39 is 0 Å². The minimum atomic E-state index is 0.474. The quantitative estimate of drug-likeness (QED) is 0.716. The van der Waals surface area contributed by atoms with Crippen LogP contribution in [0.4, 0.5) is 0 Å². The van der Waals surface area contributed by atoms with Crippen LogP contribution in [0.25, 0.3) is 0 Å². The van der Waals surface area contributed by atoms with Crippen LogP contribution in [0.5, 0.6) is 0 Å². The lowest BCUT2D eigenvalue weighted by Crippen LogP contribution is -2.28. The highest BCUT2D eigenvalue weighted by molar-refractivity contribution is 5.83. The van der Waals surface area contributed by atoms with E-state index in [1.165, 1.54) is 25.7 Å². The maximum atomic E-state index is 11.4. The Morgan fingerprint density at radius 2 is 1.85 bits per heavy atom. The van der Waals surface area contributed by atoms with Crippen molar-refractivity contribution >= 4 is 5.78 Å². The van der Waals surface area contributed by atoms with Crippen molar-refractivity contribution in [3.8, 4) is 0 Å². The summed E-state index contributed by atoms with van der Waals surface area (Å²) in [6.07, 6.45) is 6.90. The van der Waals surface area contributed by atoms with Gasteiger partial charge in [0.2, 0.25) is 0 Å². The lowest BCUT2D eigenvalue weighted by atomic mass is 9.92. The topological polar surface area (TPSA) is 29.1 Å². The molecule has 0 radical (unpaired) electrons. The Balaban J connectivity index is 1.62. The van der Waals surface area contributed by atoms with Gasteiger partial charge in [-0.15, -0.1) is 0 Å². The summed E-state index contributed by atoms with van der Waals surface area (Å²) in [7, 11) is 0. The van der Waals surface area contributed by atoms with Crippen LogP contribution >= 0.6 is 0 Å². The van der Waals surface area contributed by atoms with Crippen LogP contribution in [-0.2, 0) is 4.79 Å². The zero-order valence-corrected chi connectivity index (χ0v) is 8.22. The van der Waals surface area contributed by atoms with Crippen LogP contribution in [0, 0.1) is 11.8 Å². The zero-order valence-electron chi connectivity index (χ0n) is 8.22. The van der Waals surface area contributed by atoms with E-state index in [0.717, 1.165) is 31.8 Å². The second kappa shape index (κ2) is 4.23. The summed E-state index contributed by atoms with van der Waals surface area (Å²) in [5.74, 6) is 1.84. The Labute approximate surface area is 80.1 Å². The first kappa shape index (κ1) is 9.20. The smallest absolute Gasteiger partial charge is 0.135 e. The van der Waals surface area contributed by atoms with Crippen molar-refractivity contribution in [2.45, 2.75) is 38.5 Å². The summed E-state index contributed by atoms with van der Waals surface area (Å²) in [5.41, 5.74) is 0. The zero-order chi connectivity index (χ0) is 9.10. The first-order valence-corrected chi connectivity index (χ1v) is 5.59. The number of carbonyl (C=O) groups excluding carboxylic acids is 1. The van der Waals surface area contributed by atoms with Gasteiger partial charge in [-0.2, -0.15) is 0 Å². The predicted octanol–water partition coefficient (Wildman–Crippen LogP) is 1.75. The van der Waals surface area contributed by atoms with E-state index in [2.05, 4.69) is 5.32 Å². The molecule has 13 heavy (non-hydrogen) atoms. The number of hydrogen-bond donors (Lipinski definition) is 1. The summed E-state index contributed by atoms with van der Waals surface area (Å²) in [5, 5.41) is 3.35. The molecule has 0 bridgehead atoms. The highest BCUT2D eigenvalue weighted by Crippen LogP contribution is 2.32. The van der Waals surface area contributed by atoms with E-state index in [-0.39, 0.29) is 0 Å². The molecule has 2 nitrogen and oxygen atoms in total. The van der Waals surface area contributed by atoms with E-state index in [1.54, 1.807) is 0 Å². The van der Waals surface area contributed by atoms with Crippen LogP contribution in [0.15, 0.2) is 0 Å². The molecule has 2 heteroatoms. The van der Waals surface area contributed by atoms with Crippen molar-refractivity contribution in [3.63, 3.8) is 0 Å². The Bertz CT molecular complexity index is 181. The second-order valence-corrected chi connectivity index (χ2v) is 4.47. The van der Waals surface area contributed by atoms with Crippen LogP contribution in [0.2, 0.25) is 0 Å². The maximum Gasteiger partial charge on any atom is 0.135 e. The van der Waals surface area contributed by atoms with Crippen molar-refractivity contribution in [2.75, 3.05) is 13.1 Å². The van der Waals surface area contributed by atoms with Crippen molar-refractivity contribution in [3.05, 3.63) is 0 Å². The third-order valence-corrected chi connectivity index (χ3v) is 3.29. The molecule has 0 atom stereocenters. The van der Waals surface area contributed by atoms with Gasteiger partial charge in [0.1, 0.15) is 5.78 Å². The molecule has 1 heterocycles. The van der Waals surface area contributed by atoms with E-state index >= 15 is 0 Å². The summed E-state index contributed by atoms with van der Waals surface area (Å²) >= 11 is 0. The van der Waals surface area contributed by atoms with E-state index in [4.69, 9.17) is 0 Å². The fourth-order valence-corrected chi connectivity index (χ4v) is 2.13. The minimum absolute atomic E-state index is 0.474. The highest BCUT2D eigenvalue weighted by Gasteiger charge is 2.29. The van der Waals surface area contributed by atoms with Crippen molar-refractivity contribution in [1.29, 1.82) is 0 Å². The largest absolute Gasteiger partial charge is 0.317 e. The van der Waals surface area contributed by atoms with Crippen molar-refractivity contribution < 1.29 is 4.79 Å². The molecular weight excluding hydrogens is 162 g/mol. The predicted molar refractivity (Wildman–Crippen MR) is 52.6 cm³/mol. The molecular formula is C11H19NO. The monoisotopic (exact) mass is 181 g/mol. The Morgan fingerprint density at radius 3 is 2.46 bits per heavy atom. The van der Waals surface area contributed by atoms with Gasteiger partial charge < -0.3 is 5.32 Å². The van der Waals surface area contributed by atoms with Gasteiger partial charge in [-0.1, -0.05) is 0 Å². The molecule has 2 rings (SSSR count). The Hall–Kier alpha value is -0.370. The molecule has 74 valence electrons. The lowest BCUT2D eigenvalue weighted by molar-refractivity contribution is -0.120. The number of ketones is 1. The van der Waals surface area contributed by atoms with Gasteiger partial charge in [-0.05, 0) is 51.1 Å². The molecule has 2 fully saturated rings. The number of carbonyl (C=O) groups is 1. The Morgan fingerprint density at radius 1 is 1.15 bits per heavy atom. The molecule has 1 aliphatic carbocycles. The molecule has 0 amide bonds. The molecule has 0 aromatic carbocycles. The molecule has 1 saturated carbocycles. The molecule has 1 aliphatic heterocycles. The van der Waals surface area contributed by atoms with Crippen LogP contribution < -0.4 is 5.32 Å². The average molecular weight is 181 g/mol. The van der Waals surface area contributed by atoms with E-state index in [0.29, 0.717) is 11.7 Å². The van der Waals surface area contributed by atoms with Gasteiger partial charge in [-0.3, -0.25) is 4.79 Å². The van der Waals surface area contributed by atoms with Crippen molar-refractivity contribution in [1.82, 2.24) is 5.32 Å². The fourth-order valence-electron chi connectivity index (χ4n) is 2.13. The van der Waals surface area contributed by atoms with Gasteiger partial charge in [0.15, 0.2) is 0 Å². The highest BCUT2D eigenvalue weighted by atomic mass is 16.1. The summed E-state index contributed by atoms with van der Waals surface area (Å²) < 4.78 is 0. The number of Topliss-reactive ketones (excluding diaryl/α,β-unsaturated/α-hetero) is 1. The molecule has 0 unspecified atom stereocenters. The van der Waals surface area contributed by atoms with Gasteiger partial charge in [-0.25, -0.2) is 0 Å². The minimum Gasteiger partial charge on any atom is -0.317 e. The van der Waals surface area contributed by atoms with Crippen LogP contribution in [0.3, 0.4) is 0 Å². The molecule has 1 saturated heterocycles. The molecule has 0 aromatic heterocycles. The molecule has 1 N–H and O–H groups in total. The van der Waals surface area contributed by atoms with E-state index in [1.807, 2.05) is 0 Å². The number of rotatable bonds is 4. The first-order valence-electron chi connectivity index (χ1n) is 5.59. The number of nitrogens with one attached hydrogen (secondary N) is 1. The lowest BCUT2D eigenvalue weighted by Gasteiger charge is -2.21. The normalized spacial score (nSPS) is 24.6. The Kier molecular flexibility index (Phi) is 2.99. The molecule has 0 spiro atoms. The van der Waals surface area contributed by atoms with Crippen LogP contribution in [0.1, 0.15) is 38.5 Å². The van der Waals surface area contributed by atoms with Gasteiger partial charge in [0.25, 0.3) is 0 Å². The fraction of sp³-hybridized carbons (Fsp3) is 0.909. The number of hydrogen-bond acceptors (Lipinski definition) is 2. The second-order valence-electron chi connectivity index (χ2n) is 4.47. The summed E-state index contributed by atoms with van der Waals surface area (Å²) in [6, 6.07) is 0. The van der Waals surface area contributed by atoms with E-state index in [9.17, 15) is 4.79 Å². The SMILES string of the molecule is O=C(CCC1CCNCC1)C1CC1. The summed E-state index contributed by atoms with van der Waals surface area (Å²) in [6.45, 7) is 2.31. The van der Waals surface area contributed by atoms with Gasteiger partial charge in [0.05, 0.1) is 0 Å². The van der Waals surface area contributed by atoms with Gasteiger partial charge in [0, 0.05) is 12.3 Å². The molecule has 0 aromatic rings. The van der Waals surface area contributed by atoms with Crippen molar-refractivity contribution in [2.24, 2.45) is 11.8 Å². The summed E-state index contributed by atoms with van der Waals surface area (Å²) in [4.78, 5) is 11.4. The van der Waals surface area contributed by atoms with Crippen LogP contribution in [-0.4, -0.2) is 18.9 Å². The third-order valence-electron chi connectivity index (χ3n) is 3.29. The molecule has 2 aliphatic rings.